The maximum Gasteiger partial charge on any atom is 0.194 e. The molecule has 0 amide bonds. The third-order valence-electron chi connectivity index (χ3n) is 2.18. The molecule has 0 spiro atoms. The van der Waals surface area contributed by atoms with E-state index in [1.54, 1.807) is 20.8 Å². The van der Waals surface area contributed by atoms with Crippen molar-refractivity contribution in [2.45, 2.75) is 26.4 Å². The number of hydrogen-bond donors (Lipinski definition) is 0. The van der Waals surface area contributed by atoms with Gasteiger partial charge in [0.1, 0.15) is 17.2 Å². The molecule has 0 aliphatic carbocycles. The minimum atomic E-state index is -1.07. The Bertz CT molecular complexity index is 380. The summed E-state index contributed by atoms with van der Waals surface area (Å²) >= 11 is 0. The first-order chi connectivity index (χ1) is 7.36. The second kappa shape index (κ2) is 4.70. The smallest absolute Gasteiger partial charge is 0.194 e. The van der Waals surface area contributed by atoms with Crippen LogP contribution in [-0.2, 0) is 4.74 Å². The number of Topliss-reactive ketones (excluding diaryl/α,β-unsaturated/α-hetero) is 1. The van der Waals surface area contributed by atoms with Gasteiger partial charge in [-0.1, -0.05) is 0 Å². The second-order valence-electron chi connectivity index (χ2n) is 3.93. The van der Waals surface area contributed by atoms with Crippen LogP contribution in [0.3, 0.4) is 0 Å². The molecule has 0 N–H and O–H groups in total. The molecule has 0 atom stereocenters. The van der Waals surface area contributed by atoms with Gasteiger partial charge in [-0.2, -0.15) is 0 Å². The highest BCUT2D eigenvalue weighted by Gasteiger charge is 2.29. The number of benzene rings is 1. The number of rotatable bonds is 4. The first-order valence-electron chi connectivity index (χ1n) is 5.01. The van der Waals surface area contributed by atoms with E-state index in [1.807, 2.05) is 0 Å². The highest BCUT2D eigenvalue weighted by molar-refractivity contribution is 6.01. The molecule has 0 heterocycles. The zero-order valence-corrected chi connectivity index (χ0v) is 9.51. The highest BCUT2D eigenvalue weighted by atomic mass is 19.1. The van der Waals surface area contributed by atoms with E-state index in [2.05, 4.69) is 0 Å². The van der Waals surface area contributed by atoms with E-state index < -0.39 is 23.0 Å². The van der Waals surface area contributed by atoms with Gasteiger partial charge in [0.25, 0.3) is 0 Å². The van der Waals surface area contributed by atoms with Crippen molar-refractivity contribution >= 4 is 5.78 Å². The van der Waals surface area contributed by atoms with Gasteiger partial charge >= 0.3 is 0 Å². The van der Waals surface area contributed by atoms with Gasteiger partial charge in [-0.15, -0.1) is 0 Å². The van der Waals surface area contributed by atoms with Gasteiger partial charge in [-0.3, -0.25) is 4.79 Å². The summed E-state index contributed by atoms with van der Waals surface area (Å²) < 4.78 is 31.1. The van der Waals surface area contributed by atoms with E-state index in [0.29, 0.717) is 6.61 Å². The van der Waals surface area contributed by atoms with Gasteiger partial charge in [0.2, 0.25) is 0 Å². The fourth-order valence-electron chi connectivity index (χ4n) is 1.46. The Morgan fingerprint density at radius 3 is 2.19 bits per heavy atom. The van der Waals surface area contributed by atoms with Crippen molar-refractivity contribution in [3.8, 4) is 0 Å². The van der Waals surface area contributed by atoms with Crippen molar-refractivity contribution in [3.63, 3.8) is 0 Å². The van der Waals surface area contributed by atoms with Gasteiger partial charge in [0.05, 0.1) is 0 Å². The largest absolute Gasteiger partial charge is 0.368 e. The lowest BCUT2D eigenvalue weighted by Crippen LogP contribution is -2.35. The van der Waals surface area contributed by atoms with Crippen LogP contribution in [0, 0.1) is 11.6 Å². The summed E-state index contributed by atoms with van der Waals surface area (Å²) in [5.41, 5.74) is -1.09. The number of halogens is 2. The Labute approximate surface area is 93.2 Å². The van der Waals surface area contributed by atoms with Crippen LogP contribution in [0.5, 0.6) is 0 Å². The minimum Gasteiger partial charge on any atom is -0.368 e. The van der Waals surface area contributed by atoms with Gasteiger partial charge in [0.15, 0.2) is 5.78 Å². The third kappa shape index (κ3) is 2.85. The monoisotopic (exact) mass is 228 g/mol. The normalized spacial score (nSPS) is 11.6. The van der Waals surface area contributed by atoms with Crippen LogP contribution in [0.15, 0.2) is 18.2 Å². The van der Waals surface area contributed by atoms with Crippen LogP contribution in [0.2, 0.25) is 0 Å². The van der Waals surface area contributed by atoms with Crippen LogP contribution in [-0.4, -0.2) is 18.0 Å². The zero-order chi connectivity index (χ0) is 12.3. The molecule has 2 nitrogen and oxygen atoms in total. The van der Waals surface area contributed by atoms with Crippen molar-refractivity contribution in [1.29, 1.82) is 0 Å². The van der Waals surface area contributed by atoms with E-state index in [9.17, 15) is 13.6 Å². The molecular formula is C12H14F2O2. The maximum absolute atomic E-state index is 12.9. The Hall–Kier alpha value is -1.29. The van der Waals surface area contributed by atoms with Crippen molar-refractivity contribution in [1.82, 2.24) is 0 Å². The number of carbonyl (C=O) groups excluding carboxylic acids is 1. The van der Waals surface area contributed by atoms with E-state index in [-0.39, 0.29) is 5.56 Å². The Morgan fingerprint density at radius 1 is 1.25 bits per heavy atom. The summed E-state index contributed by atoms with van der Waals surface area (Å²) in [6.07, 6.45) is 0. The molecule has 0 aliphatic heterocycles. The standard InChI is InChI=1S/C12H14F2O2/c1-4-16-12(2,3)11(15)8-5-9(13)7-10(14)6-8/h5-7H,4H2,1-3H3. The van der Waals surface area contributed by atoms with Gasteiger partial charge in [-0.25, -0.2) is 8.78 Å². The first-order valence-corrected chi connectivity index (χ1v) is 5.01. The third-order valence-corrected chi connectivity index (χ3v) is 2.18. The quantitative estimate of drug-likeness (QED) is 0.740. The molecule has 16 heavy (non-hydrogen) atoms. The SMILES string of the molecule is CCOC(C)(C)C(=O)c1cc(F)cc(F)c1. The van der Waals surface area contributed by atoms with Crippen molar-refractivity contribution in [2.75, 3.05) is 6.61 Å². The summed E-state index contributed by atoms with van der Waals surface area (Å²) in [6, 6.07) is 2.74. The predicted molar refractivity (Wildman–Crippen MR) is 56.4 cm³/mol. The lowest BCUT2D eigenvalue weighted by Gasteiger charge is -2.22. The molecule has 1 aromatic rings. The molecule has 0 unspecified atom stereocenters. The fourth-order valence-corrected chi connectivity index (χ4v) is 1.46. The molecule has 88 valence electrons. The average Bonchev–Trinajstić information content (AvgIpc) is 2.14. The van der Waals surface area contributed by atoms with Crippen molar-refractivity contribution < 1.29 is 18.3 Å². The lowest BCUT2D eigenvalue weighted by molar-refractivity contribution is 0.00121. The van der Waals surface area contributed by atoms with Gasteiger partial charge in [0, 0.05) is 18.2 Å². The van der Waals surface area contributed by atoms with Gasteiger partial charge in [-0.05, 0) is 32.9 Å². The van der Waals surface area contributed by atoms with Gasteiger partial charge < -0.3 is 4.74 Å². The van der Waals surface area contributed by atoms with Crippen LogP contribution < -0.4 is 0 Å². The number of hydrogen-bond acceptors (Lipinski definition) is 2. The molecule has 1 aromatic carbocycles. The predicted octanol–water partition coefficient (Wildman–Crippen LogP) is 2.96. The van der Waals surface area contributed by atoms with E-state index in [4.69, 9.17) is 4.74 Å². The van der Waals surface area contributed by atoms with Crippen LogP contribution in [0.1, 0.15) is 31.1 Å². The molecule has 0 saturated heterocycles. The Kier molecular flexibility index (Phi) is 3.75. The second-order valence-corrected chi connectivity index (χ2v) is 3.93. The van der Waals surface area contributed by atoms with Crippen molar-refractivity contribution in [2.24, 2.45) is 0 Å². The summed E-state index contributed by atoms with van der Waals surface area (Å²) in [5, 5.41) is 0. The average molecular weight is 228 g/mol. The molecule has 0 saturated carbocycles. The highest BCUT2D eigenvalue weighted by Crippen LogP contribution is 2.18. The minimum absolute atomic E-state index is 0.0176. The number of carbonyl (C=O) groups is 1. The van der Waals surface area contributed by atoms with Crippen LogP contribution in [0.4, 0.5) is 8.78 Å². The topological polar surface area (TPSA) is 26.3 Å². The lowest BCUT2D eigenvalue weighted by atomic mass is 9.96. The van der Waals surface area contributed by atoms with E-state index in [1.165, 1.54) is 0 Å². The molecule has 0 bridgehead atoms. The number of ketones is 1. The number of ether oxygens (including phenoxy) is 1. The summed E-state index contributed by atoms with van der Waals surface area (Å²) in [4.78, 5) is 11.9. The molecule has 1 rings (SSSR count). The summed E-state index contributed by atoms with van der Waals surface area (Å²) in [5.74, 6) is -1.97. The molecule has 4 heteroatoms. The van der Waals surface area contributed by atoms with Crippen LogP contribution >= 0.6 is 0 Å². The van der Waals surface area contributed by atoms with E-state index in [0.717, 1.165) is 18.2 Å². The van der Waals surface area contributed by atoms with Crippen molar-refractivity contribution in [3.05, 3.63) is 35.4 Å². The molecule has 0 radical (unpaired) electrons. The summed E-state index contributed by atoms with van der Waals surface area (Å²) in [7, 11) is 0. The maximum atomic E-state index is 12.9. The molecule has 0 aliphatic rings. The molecule has 0 fully saturated rings. The zero-order valence-electron chi connectivity index (χ0n) is 9.51. The molecule has 0 aromatic heterocycles. The Morgan fingerprint density at radius 2 is 1.75 bits per heavy atom. The first kappa shape index (κ1) is 12.8. The van der Waals surface area contributed by atoms with Crippen LogP contribution in [0.25, 0.3) is 0 Å². The summed E-state index contributed by atoms with van der Waals surface area (Å²) in [6.45, 7) is 5.25. The van der Waals surface area contributed by atoms with E-state index >= 15 is 0 Å². The molecular weight excluding hydrogens is 214 g/mol. The fraction of sp³-hybridized carbons (Fsp3) is 0.417. The Balaban J connectivity index is 3.04.